The fraction of sp³-hybridized carbons (Fsp3) is 0.500. The maximum atomic E-state index is 10.6. The third kappa shape index (κ3) is 15.3. The number of rotatable bonds is 22. The molecule has 0 aliphatic heterocycles. The monoisotopic (exact) mass is 836 g/mol. The van der Waals surface area contributed by atoms with Gasteiger partial charge < -0.3 is 59.8 Å². The van der Waals surface area contributed by atoms with Crippen LogP contribution in [0.4, 0.5) is 0 Å². The number of phenolic OH excluding ortho intramolecular Hbond substituents is 4. The van der Waals surface area contributed by atoms with E-state index in [0.717, 1.165) is 35.1 Å². The van der Waals surface area contributed by atoms with Gasteiger partial charge in [0.2, 0.25) is 0 Å². The Morgan fingerprint density at radius 3 is 0.833 bits per heavy atom. The minimum absolute atomic E-state index is 0.0663. The third-order valence-corrected chi connectivity index (χ3v) is 11.3. The molecule has 4 aromatic carbocycles. The molecule has 0 saturated heterocycles. The lowest BCUT2D eigenvalue weighted by molar-refractivity contribution is 0.0750. The van der Waals surface area contributed by atoms with Crippen LogP contribution in [0.2, 0.25) is 0 Å². The van der Waals surface area contributed by atoms with Crippen molar-refractivity contribution in [3.63, 3.8) is 0 Å². The summed E-state index contributed by atoms with van der Waals surface area (Å²) in [6, 6.07) is 21.2. The Hall–Kier alpha value is -4.88. The topological polar surface area (TPSA) is 199 Å². The van der Waals surface area contributed by atoms with Gasteiger partial charge in [0.1, 0.15) is 0 Å². The Morgan fingerprint density at radius 2 is 0.633 bits per heavy atom. The second-order valence-corrected chi connectivity index (χ2v) is 16.0. The Bertz CT molecular complexity index is 1740. The number of aromatic hydroxyl groups is 4. The van der Waals surface area contributed by atoms with Crippen molar-refractivity contribution in [1.82, 2.24) is 0 Å². The molecule has 0 aromatic heterocycles. The van der Waals surface area contributed by atoms with Crippen LogP contribution in [0.15, 0.2) is 72.8 Å². The molecule has 12 nitrogen and oxygen atoms in total. The van der Waals surface area contributed by atoms with Crippen molar-refractivity contribution in [3.05, 3.63) is 95.1 Å². The van der Waals surface area contributed by atoms with Crippen molar-refractivity contribution in [3.8, 4) is 46.0 Å². The largest absolute Gasteiger partial charge is 0.504 e. The van der Waals surface area contributed by atoms with E-state index >= 15 is 0 Å². The molecule has 0 aliphatic rings. The zero-order valence-electron chi connectivity index (χ0n) is 36.4. The van der Waals surface area contributed by atoms with Crippen molar-refractivity contribution in [2.75, 3.05) is 28.4 Å². The maximum Gasteiger partial charge on any atom is 0.160 e. The molecule has 0 amide bonds. The number of hydrogen-bond donors (Lipinski definition) is 8. The summed E-state index contributed by atoms with van der Waals surface area (Å²) in [5.74, 6) is 1.89. The second kappa shape index (κ2) is 24.4. The van der Waals surface area contributed by atoms with Gasteiger partial charge in [-0.05, 0) is 174 Å². The molecule has 4 aromatic rings. The zero-order chi connectivity index (χ0) is 44.5. The van der Waals surface area contributed by atoms with Gasteiger partial charge in [-0.3, -0.25) is 0 Å². The van der Waals surface area contributed by atoms with Crippen molar-refractivity contribution in [2.24, 2.45) is 23.7 Å². The van der Waals surface area contributed by atoms with Gasteiger partial charge in [0.15, 0.2) is 46.0 Å². The van der Waals surface area contributed by atoms with Crippen LogP contribution in [-0.2, 0) is 25.7 Å². The fourth-order valence-electron chi connectivity index (χ4n) is 7.91. The van der Waals surface area contributed by atoms with Crippen LogP contribution in [0.3, 0.4) is 0 Å². The summed E-state index contributed by atoms with van der Waals surface area (Å²) in [6.45, 7) is 7.06. The summed E-state index contributed by atoms with van der Waals surface area (Å²) in [4.78, 5) is 0. The molecule has 60 heavy (non-hydrogen) atoms. The average Bonchev–Trinajstić information content (AvgIpc) is 3.19. The highest BCUT2D eigenvalue weighted by molar-refractivity contribution is 5.44. The first kappa shape index (κ1) is 49.5. The zero-order valence-corrected chi connectivity index (χ0v) is 36.4. The standard InChI is InChI=1S/2C24H34O6/c2*1-15(25)5-8-19(11-17-6-9-23(29-3)21(27)13-17)20(16(2)26)12-18-7-10-24(30-4)22(28)14-18/h2*6-7,9-10,13-16,19-20,25-28H,5,8,11-12H2,1-4H3/t15-,16-,19+,20-;15-,16-,19-,20+/m00/s1. The molecule has 8 atom stereocenters. The molecule has 0 unspecified atom stereocenters. The predicted octanol–water partition coefficient (Wildman–Crippen LogP) is 7.35. The van der Waals surface area contributed by atoms with E-state index in [0.29, 0.717) is 61.5 Å². The van der Waals surface area contributed by atoms with Crippen molar-refractivity contribution in [1.29, 1.82) is 0 Å². The molecule has 332 valence electrons. The molecule has 0 spiro atoms. The molecule has 0 saturated carbocycles. The molecule has 0 heterocycles. The average molecular weight is 837 g/mol. The molecule has 0 fully saturated rings. The van der Waals surface area contributed by atoms with E-state index < -0.39 is 24.4 Å². The van der Waals surface area contributed by atoms with Crippen LogP contribution in [0.1, 0.15) is 75.6 Å². The first-order chi connectivity index (χ1) is 28.5. The van der Waals surface area contributed by atoms with Gasteiger partial charge in [0.05, 0.1) is 52.9 Å². The molecular formula is C48H68O12. The molecular weight excluding hydrogens is 769 g/mol. The highest BCUT2D eigenvalue weighted by Crippen LogP contribution is 2.36. The van der Waals surface area contributed by atoms with Gasteiger partial charge >= 0.3 is 0 Å². The molecule has 12 heteroatoms. The van der Waals surface area contributed by atoms with Crippen LogP contribution in [-0.4, -0.2) is 93.7 Å². The van der Waals surface area contributed by atoms with E-state index in [2.05, 4.69) is 0 Å². The van der Waals surface area contributed by atoms with Crippen molar-refractivity contribution < 1.29 is 59.8 Å². The molecule has 4 rings (SSSR count). The van der Waals surface area contributed by atoms with E-state index in [-0.39, 0.29) is 46.7 Å². The van der Waals surface area contributed by atoms with Gasteiger partial charge in [-0.1, -0.05) is 24.3 Å². The smallest absolute Gasteiger partial charge is 0.160 e. The normalized spacial score (nSPS) is 15.3. The van der Waals surface area contributed by atoms with Crippen molar-refractivity contribution >= 4 is 0 Å². The predicted molar refractivity (Wildman–Crippen MR) is 233 cm³/mol. The number of aliphatic hydroxyl groups is 4. The van der Waals surface area contributed by atoms with Crippen molar-refractivity contribution in [2.45, 2.75) is 103 Å². The summed E-state index contributed by atoms with van der Waals surface area (Å²) < 4.78 is 20.5. The Kier molecular flexibility index (Phi) is 20.1. The first-order valence-electron chi connectivity index (χ1n) is 20.7. The van der Waals surface area contributed by atoms with E-state index in [1.54, 1.807) is 76.2 Å². The quantitative estimate of drug-likeness (QED) is 0.0392. The summed E-state index contributed by atoms with van der Waals surface area (Å²) in [7, 11) is 6.02. The van der Waals surface area contributed by atoms with E-state index in [9.17, 15) is 40.9 Å². The molecule has 8 N–H and O–H groups in total. The first-order valence-corrected chi connectivity index (χ1v) is 20.7. The Morgan fingerprint density at radius 1 is 0.383 bits per heavy atom. The number of phenols is 4. The fourth-order valence-corrected chi connectivity index (χ4v) is 7.91. The van der Waals surface area contributed by atoms with Crippen LogP contribution in [0, 0.1) is 23.7 Å². The van der Waals surface area contributed by atoms with E-state index in [1.165, 1.54) is 28.4 Å². The molecule has 0 radical (unpaired) electrons. The number of aliphatic hydroxyl groups excluding tert-OH is 4. The van der Waals surface area contributed by atoms with Gasteiger partial charge in [-0.2, -0.15) is 0 Å². The van der Waals surface area contributed by atoms with E-state index in [1.807, 2.05) is 24.3 Å². The van der Waals surface area contributed by atoms with Crippen LogP contribution in [0.5, 0.6) is 46.0 Å². The van der Waals surface area contributed by atoms with E-state index in [4.69, 9.17) is 18.9 Å². The summed E-state index contributed by atoms with van der Waals surface area (Å²) in [5, 5.41) is 81.3. The lowest BCUT2D eigenvalue weighted by Crippen LogP contribution is -2.30. The molecule has 0 bridgehead atoms. The molecule has 0 aliphatic carbocycles. The number of hydrogen-bond acceptors (Lipinski definition) is 12. The van der Waals surface area contributed by atoms with Gasteiger partial charge in [-0.15, -0.1) is 0 Å². The maximum absolute atomic E-state index is 10.6. The van der Waals surface area contributed by atoms with Crippen LogP contribution < -0.4 is 18.9 Å². The lowest BCUT2D eigenvalue weighted by Gasteiger charge is -2.30. The van der Waals surface area contributed by atoms with Crippen LogP contribution >= 0.6 is 0 Å². The summed E-state index contributed by atoms with van der Waals surface area (Å²) in [5.41, 5.74) is 3.68. The van der Waals surface area contributed by atoms with Gasteiger partial charge in [-0.25, -0.2) is 0 Å². The number of methoxy groups -OCH3 is 4. The Labute approximate surface area is 355 Å². The summed E-state index contributed by atoms with van der Waals surface area (Å²) in [6.07, 6.45) is 3.07. The van der Waals surface area contributed by atoms with Crippen LogP contribution in [0.25, 0.3) is 0 Å². The number of benzene rings is 4. The SMILES string of the molecule is COc1ccc(C[C@@H](CC[C@H](C)O)[C@@H](Cc2ccc(OC)c(O)c2)[C@H](C)O)cc1O.COc1ccc(C[C@H](CC[C@H](C)O)[C@H](Cc2ccc(OC)c(O)c2)[C@H](C)O)cc1O. The Balaban J connectivity index is 0.000000320. The second-order valence-electron chi connectivity index (χ2n) is 16.0. The van der Waals surface area contributed by atoms with Gasteiger partial charge in [0, 0.05) is 0 Å². The third-order valence-electron chi connectivity index (χ3n) is 11.3. The highest BCUT2D eigenvalue weighted by Gasteiger charge is 2.29. The minimum Gasteiger partial charge on any atom is -0.504 e. The highest BCUT2D eigenvalue weighted by atomic mass is 16.5. The summed E-state index contributed by atoms with van der Waals surface area (Å²) >= 11 is 0. The number of ether oxygens (including phenoxy) is 4. The lowest BCUT2D eigenvalue weighted by atomic mass is 9.77. The minimum atomic E-state index is -0.583. The van der Waals surface area contributed by atoms with Gasteiger partial charge in [0.25, 0.3) is 0 Å².